The van der Waals surface area contributed by atoms with Crippen molar-refractivity contribution in [1.29, 1.82) is 0 Å². The van der Waals surface area contributed by atoms with Crippen LogP contribution in [0.1, 0.15) is 22.5 Å². The van der Waals surface area contributed by atoms with Crippen LogP contribution in [0.2, 0.25) is 0 Å². The second kappa shape index (κ2) is 6.54. The Balaban J connectivity index is 1.64. The lowest BCUT2D eigenvalue weighted by Gasteiger charge is -2.16. The Morgan fingerprint density at radius 1 is 1.32 bits per heavy atom. The molecule has 3 heterocycles. The summed E-state index contributed by atoms with van der Waals surface area (Å²) in [6.07, 6.45) is -3.47. The van der Waals surface area contributed by atoms with Crippen molar-refractivity contribution in [2.45, 2.75) is 18.7 Å². The van der Waals surface area contributed by atoms with Crippen molar-refractivity contribution in [3.8, 4) is 5.88 Å². The van der Waals surface area contributed by atoms with Gasteiger partial charge in [0.25, 0.3) is 11.5 Å². The molecule has 7 nitrogen and oxygen atoms in total. The van der Waals surface area contributed by atoms with Gasteiger partial charge in [-0.15, -0.1) is 0 Å². The van der Waals surface area contributed by atoms with Gasteiger partial charge >= 0.3 is 6.18 Å². The highest BCUT2D eigenvalue weighted by Gasteiger charge is 2.32. The van der Waals surface area contributed by atoms with Crippen LogP contribution in [0.15, 0.2) is 35.3 Å². The molecule has 25 heavy (non-hydrogen) atoms. The van der Waals surface area contributed by atoms with Crippen molar-refractivity contribution in [3.63, 3.8) is 0 Å². The number of aromatic amines is 1. The van der Waals surface area contributed by atoms with E-state index in [0.29, 0.717) is 13.0 Å². The number of nitrogens with one attached hydrogen (secondary N) is 1. The lowest BCUT2D eigenvalue weighted by atomic mass is 10.2. The van der Waals surface area contributed by atoms with Gasteiger partial charge in [0.05, 0.1) is 12.1 Å². The van der Waals surface area contributed by atoms with Crippen LogP contribution in [-0.2, 0) is 6.18 Å². The van der Waals surface area contributed by atoms with Crippen molar-refractivity contribution in [3.05, 3.63) is 52.1 Å². The number of hydrogen-bond donors (Lipinski definition) is 1. The van der Waals surface area contributed by atoms with E-state index in [-0.39, 0.29) is 24.0 Å². The van der Waals surface area contributed by atoms with Crippen LogP contribution in [0.5, 0.6) is 5.88 Å². The lowest BCUT2D eigenvalue weighted by molar-refractivity contribution is -0.137. The van der Waals surface area contributed by atoms with Crippen LogP contribution in [0.4, 0.5) is 13.2 Å². The summed E-state index contributed by atoms with van der Waals surface area (Å²) in [5.41, 5.74) is -1.19. The van der Waals surface area contributed by atoms with Gasteiger partial charge in [0.15, 0.2) is 0 Å². The molecular weight excluding hydrogens is 341 g/mol. The molecule has 2 aromatic heterocycles. The Kier molecular flexibility index (Phi) is 4.43. The highest BCUT2D eigenvalue weighted by molar-refractivity contribution is 5.92. The summed E-state index contributed by atoms with van der Waals surface area (Å²) in [5, 5.41) is 5.84. The molecule has 0 unspecified atom stereocenters. The Bertz CT molecular complexity index is 817. The lowest BCUT2D eigenvalue weighted by Crippen LogP contribution is -2.32. The van der Waals surface area contributed by atoms with Gasteiger partial charge in [0.1, 0.15) is 11.8 Å². The van der Waals surface area contributed by atoms with E-state index in [1.54, 1.807) is 0 Å². The van der Waals surface area contributed by atoms with E-state index in [1.807, 2.05) is 0 Å². The van der Waals surface area contributed by atoms with E-state index >= 15 is 0 Å². The molecule has 0 aliphatic carbocycles. The summed E-state index contributed by atoms with van der Waals surface area (Å²) in [4.78, 5) is 28.5. The van der Waals surface area contributed by atoms with Gasteiger partial charge in [-0.25, -0.2) is 10.1 Å². The predicted octanol–water partition coefficient (Wildman–Crippen LogP) is 1.48. The van der Waals surface area contributed by atoms with Crippen molar-refractivity contribution < 1.29 is 22.7 Å². The van der Waals surface area contributed by atoms with Crippen molar-refractivity contribution in [2.24, 2.45) is 0 Å². The minimum absolute atomic E-state index is 0.0810. The van der Waals surface area contributed by atoms with E-state index in [4.69, 9.17) is 4.74 Å². The van der Waals surface area contributed by atoms with Crippen molar-refractivity contribution in [1.82, 2.24) is 20.1 Å². The maximum Gasteiger partial charge on any atom is 0.416 e. The summed E-state index contributed by atoms with van der Waals surface area (Å²) in [7, 11) is 0. The molecule has 1 aliphatic rings. The number of carbonyl (C=O) groups excluding carboxylic acids is 1. The summed E-state index contributed by atoms with van der Waals surface area (Å²) in [5.74, 6) is -0.532. The first-order valence-electron chi connectivity index (χ1n) is 7.38. The Morgan fingerprint density at radius 2 is 2.12 bits per heavy atom. The molecule has 3 rings (SSSR count). The number of aromatic nitrogens is 3. The molecule has 132 valence electrons. The third kappa shape index (κ3) is 3.95. The number of ether oxygens (including phenoxy) is 1. The number of amides is 1. The predicted molar refractivity (Wildman–Crippen MR) is 79.0 cm³/mol. The normalized spacial score (nSPS) is 17.6. The molecule has 1 atom stereocenters. The number of alkyl halides is 3. The number of likely N-dealkylation sites (tertiary alicyclic amines) is 1. The second-order valence-corrected chi connectivity index (χ2v) is 5.47. The number of halogens is 3. The fourth-order valence-electron chi connectivity index (χ4n) is 2.46. The van der Waals surface area contributed by atoms with E-state index in [1.165, 1.54) is 17.0 Å². The molecule has 2 aromatic rings. The monoisotopic (exact) mass is 354 g/mol. The molecule has 1 aliphatic heterocycles. The molecule has 0 spiro atoms. The molecule has 0 radical (unpaired) electrons. The van der Waals surface area contributed by atoms with Crippen LogP contribution in [-0.4, -0.2) is 45.2 Å². The van der Waals surface area contributed by atoms with Crippen molar-refractivity contribution >= 4 is 5.91 Å². The average molecular weight is 354 g/mol. The maximum absolute atomic E-state index is 12.7. The number of nitrogens with zero attached hydrogens (tertiary/aromatic N) is 3. The van der Waals surface area contributed by atoms with Gasteiger partial charge in [-0.1, -0.05) is 0 Å². The fraction of sp³-hybridized carbons (Fsp3) is 0.333. The first-order valence-corrected chi connectivity index (χ1v) is 7.38. The Morgan fingerprint density at radius 3 is 2.80 bits per heavy atom. The van der Waals surface area contributed by atoms with Crippen LogP contribution >= 0.6 is 0 Å². The smallest absolute Gasteiger partial charge is 0.416 e. The highest BCUT2D eigenvalue weighted by Crippen LogP contribution is 2.31. The van der Waals surface area contributed by atoms with Crippen LogP contribution in [0.3, 0.4) is 0 Å². The topological polar surface area (TPSA) is 88.2 Å². The fourth-order valence-corrected chi connectivity index (χ4v) is 2.46. The SMILES string of the molecule is O=C(c1ccc(=O)[nH]n1)N1CC[C@H](Oc2cc(C(F)(F)F)ccn2)C1. The standard InChI is InChI=1S/C15H13F3N4O3/c16-15(17,18)9-3-5-19-13(7-9)25-10-4-6-22(8-10)14(24)11-1-2-12(23)21-20-11/h1-3,5,7,10H,4,6,8H2,(H,21,23)/t10-/m0/s1. The summed E-state index contributed by atoms with van der Waals surface area (Å²) < 4.78 is 43.6. The zero-order valence-electron chi connectivity index (χ0n) is 12.8. The van der Waals surface area contributed by atoms with Crippen LogP contribution in [0, 0.1) is 0 Å². The van der Waals surface area contributed by atoms with Crippen LogP contribution < -0.4 is 10.3 Å². The average Bonchev–Trinajstić information content (AvgIpc) is 3.03. The third-order valence-corrected chi connectivity index (χ3v) is 3.68. The molecule has 1 N–H and O–H groups in total. The van der Waals surface area contributed by atoms with Gasteiger partial charge in [0, 0.05) is 31.3 Å². The van der Waals surface area contributed by atoms with E-state index in [9.17, 15) is 22.8 Å². The Hall–Kier alpha value is -2.91. The summed E-state index contributed by atoms with van der Waals surface area (Å²) >= 11 is 0. The highest BCUT2D eigenvalue weighted by atomic mass is 19.4. The van der Waals surface area contributed by atoms with E-state index in [2.05, 4.69) is 15.2 Å². The number of rotatable bonds is 3. The number of hydrogen-bond acceptors (Lipinski definition) is 5. The molecular formula is C15H13F3N4O3. The zero-order valence-corrected chi connectivity index (χ0v) is 12.8. The first kappa shape index (κ1) is 16.9. The Labute approximate surface area is 139 Å². The van der Waals surface area contributed by atoms with E-state index in [0.717, 1.165) is 18.3 Å². The molecule has 1 fully saturated rings. The first-order chi connectivity index (χ1) is 11.8. The molecule has 0 saturated carbocycles. The number of pyridine rings is 1. The quantitative estimate of drug-likeness (QED) is 0.902. The molecule has 10 heteroatoms. The van der Waals surface area contributed by atoms with Gasteiger partial charge < -0.3 is 9.64 Å². The minimum Gasteiger partial charge on any atom is -0.472 e. The third-order valence-electron chi connectivity index (χ3n) is 3.68. The summed E-state index contributed by atoms with van der Waals surface area (Å²) in [6, 6.07) is 4.19. The van der Waals surface area contributed by atoms with Gasteiger partial charge in [0.2, 0.25) is 5.88 Å². The molecule has 1 saturated heterocycles. The van der Waals surface area contributed by atoms with E-state index < -0.39 is 23.4 Å². The molecule has 0 bridgehead atoms. The van der Waals surface area contributed by atoms with Gasteiger partial charge in [-0.3, -0.25) is 9.59 Å². The van der Waals surface area contributed by atoms with Gasteiger partial charge in [-0.2, -0.15) is 18.3 Å². The zero-order chi connectivity index (χ0) is 18.0. The summed E-state index contributed by atoms with van der Waals surface area (Å²) in [6.45, 7) is 0.556. The molecule has 1 amide bonds. The maximum atomic E-state index is 12.7. The number of carbonyl (C=O) groups is 1. The largest absolute Gasteiger partial charge is 0.472 e. The van der Waals surface area contributed by atoms with Crippen LogP contribution in [0.25, 0.3) is 0 Å². The van der Waals surface area contributed by atoms with Gasteiger partial charge in [-0.05, 0) is 12.1 Å². The minimum atomic E-state index is -4.48. The number of H-pyrrole nitrogens is 1. The second-order valence-electron chi connectivity index (χ2n) is 5.47. The molecule has 0 aromatic carbocycles. The van der Waals surface area contributed by atoms with Crippen molar-refractivity contribution in [2.75, 3.05) is 13.1 Å².